The summed E-state index contributed by atoms with van der Waals surface area (Å²) >= 11 is 1.21. The predicted molar refractivity (Wildman–Crippen MR) is 113 cm³/mol. The van der Waals surface area contributed by atoms with Gasteiger partial charge in [-0.15, -0.1) is 11.3 Å². The Bertz CT molecular complexity index is 1290. The van der Waals surface area contributed by atoms with Gasteiger partial charge >= 0.3 is 0 Å². The van der Waals surface area contributed by atoms with E-state index in [9.17, 15) is 15.2 Å². The van der Waals surface area contributed by atoms with Gasteiger partial charge in [-0.05, 0) is 24.6 Å². The summed E-state index contributed by atoms with van der Waals surface area (Å²) in [7, 11) is 0. The van der Waals surface area contributed by atoms with Crippen molar-refractivity contribution in [3.8, 4) is 22.4 Å². The van der Waals surface area contributed by atoms with Crippen LogP contribution in [0.25, 0.3) is 16.2 Å². The molecule has 150 valence electrons. The van der Waals surface area contributed by atoms with Gasteiger partial charge in [-0.3, -0.25) is 9.20 Å². The molecule has 7 nitrogen and oxygen atoms in total. The van der Waals surface area contributed by atoms with Crippen LogP contribution >= 0.6 is 11.3 Å². The zero-order chi connectivity index (χ0) is 21.3. The van der Waals surface area contributed by atoms with Gasteiger partial charge < -0.3 is 15.6 Å². The average molecular weight is 418 g/mol. The van der Waals surface area contributed by atoms with Crippen LogP contribution in [0, 0.1) is 11.3 Å². The summed E-state index contributed by atoms with van der Waals surface area (Å²) in [6, 6.07) is 14.7. The number of pyridine rings is 1. The van der Waals surface area contributed by atoms with Crippen molar-refractivity contribution in [2.45, 2.75) is 19.6 Å². The van der Waals surface area contributed by atoms with Crippen LogP contribution in [0.15, 0.2) is 54.9 Å². The molecule has 4 rings (SSSR count). The van der Waals surface area contributed by atoms with E-state index in [1.807, 2.05) is 29.5 Å². The Kier molecular flexibility index (Phi) is 5.23. The molecule has 0 spiro atoms. The lowest BCUT2D eigenvalue weighted by atomic mass is 10.0. The minimum atomic E-state index is -0.591. The van der Waals surface area contributed by atoms with Crippen LogP contribution < -0.4 is 10.5 Å². The lowest BCUT2D eigenvalue weighted by Gasteiger charge is -2.16. The molecule has 0 bridgehead atoms. The number of benzene rings is 1. The van der Waals surface area contributed by atoms with Crippen LogP contribution in [-0.4, -0.2) is 20.4 Å². The quantitative estimate of drug-likeness (QED) is 0.496. The topological polar surface area (TPSA) is 114 Å². The number of ether oxygens (including phenoxy) is 1. The molecule has 0 saturated heterocycles. The number of nitriles is 1. The van der Waals surface area contributed by atoms with E-state index in [1.54, 1.807) is 36.7 Å². The number of aliphatic hydroxyl groups excluding tert-OH is 1. The van der Waals surface area contributed by atoms with Crippen LogP contribution in [0.2, 0.25) is 0 Å². The number of carbonyl (C=O) groups excluding carboxylic acids is 1. The van der Waals surface area contributed by atoms with Gasteiger partial charge in [0.05, 0.1) is 35.0 Å². The van der Waals surface area contributed by atoms with Crippen molar-refractivity contribution >= 4 is 22.9 Å². The molecule has 3 N–H and O–H groups in total. The number of carbonyl (C=O) groups is 1. The highest BCUT2D eigenvalue weighted by Crippen LogP contribution is 2.38. The Labute approximate surface area is 176 Å². The molecule has 0 radical (unpaired) electrons. The van der Waals surface area contributed by atoms with Crippen LogP contribution in [0.1, 0.15) is 39.4 Å². The number of thiophene rings is 1. The van der Waals surface area contributed by atoms with E-state index in [0.717, 1.165) is 27.3 Å². The number of rotatable bonds is 6. The lowest BCUT2D eigenvalue weighted by Crippen LogP contribution is -2.12. The number of imidazole rings is 1. The number of aromatic nitrogens is 2. The fraction of sp³-hybridized carbons (Fsp3) is 0.136. The second-order valence-corrected chi connectivity index (χ2v) is 7.75. The first kappa shape index (κ1) is 19.6. The summed E-state index contributed by atoms with van der Waals surface area (Å²) in [4.78, 5) is 17.5. The summed E-state index contributed by atoms with van der Waals surface area (Å²) in [6.07, 6.45) is 3.04. The van der Waals surface area contributed by atoms with Crippen LogP contribution in [-0.2, 0) is 6.61 Å². The minimum Gasteiger partial charge on any atom is -0.484 e. The Morgan fingerprint density at radius 1 is 1.37 bits per heavy atom. The third-order valence-electron chi connectivity index (χ3n) is 4.75. The predicted octanol–water partition coefficient (Wildman–Crippen LogP) is 3.67. The third kappa shape index (κ3) is 3.52. The van der Waals surface area contributed by atoms with Gasteiger partial charge in [0.25, 0.3) is 5.91 Å². The molecule has 30 heavy (non-hydrogen) atoms. The summed E-state index contributed by atoms with van der Waals surface area (Å²) < 4.78 is 7.91. The molecule has 0 saturated carbocycles. The number of hydrogen-bond donors (Lipinski definition) is 2. The number of aliphatic hydroxyl groups is 1. The molecule has 1 atom stereocenters. The van der Waals surface area contributed by atoms with E-state index in [1.165, 1.54) is 11.3 Å². The zero-order valence-electron chi connectivity index (χ0n) is 16.1. The Morgan fingerprint density at radius 2 is 2.17 bits per heavy atom. The first-order valence-electron chi connectivity index (χ1n) is 9.18. The van der Waals surface area contributed by atoms with Gasteiger partial charge in [-0.25, -0.2) is 4.98 Å². The van der Waals surface area contributed by atoms with Crippen molar-refractivity contribution in [2.75, 3.05) is 0 Å². The maximum absolute atomic E-state index is 12.1. The molecule has 3 heterocycles. The third-order valence-corrected chi connectivity index (χ3v) is 5.90. The van der Waals surface area contributed by atoms with Crippen LogP contribution in [0.5, 0.6) is 5.75 Å². The number of nitrogens with zero attached hydrogens (tertiary/aromatic N) is 3. The maximum atomic E-state index is 12.1. The first-order chi connectivity index (χ1) is 14.5. The monoisotopic (exact) mass is 418 g/mol. The largest absolute Gasteiger partial charge is 0.484 e. The van der Waals surface area contributed by atoms with Gasteiger partial charge in [0.2, 0.25) is 0 Å². The van der Waals surface area contributed by atoms with Crippen LogP contribution in [0.3, 0.4) is 0 Å². The molecule has 1 aromatic carbocycles. The van der Waals surface area contributed by atoms with Gasteiger partial charge in [0.1, 0.15) is 22.4 Å². The van der Waals surface area contributed by atoms with Crippen LogP contribution in [0.4, 0.5) is 0 Å². The van der Waals surface area contributed by atoms with Crippen molar-refractivity contribution in [2.24, 2.45) is 5.73 Å². The molecule has 0 fully saturated rings. The molecule has 1 unspecified atom stereocenters. The second-order valence-electron chi connectivity index (χ2n) is 6.69. The molecular formula is C22H18N4O3S. The summed E-state index contributed by atoms with van der Waals surface area (Å²) in [5.41, 5.74) is 9.05. The zero-order valence-corrected chi connectivity index (χ0v) is 16.9. The minimum absolute atomic E-state index is 0.0886. The highest BCUT2D eigenvalue weighted by Gasteiger charge is 2.21. The number of nitrogens with two attached hydrogens (primary N) is 1. The lowest BCUT2D eigenvalue weighted by molar-refractivity contribution is 0.0998. The summed E-state index contributed by atoms with van der Waals surface area (Å²) in [6.45, 7) is 1.73. The molecule has 4 aromatic rings. The highest BCUT2D eigenvalue weighted by atomic mass is 32.1. The molecule has 3 aromatic heterocycles. The van der Waals surface area contributed by atoms with Crippen molar-refractivity contribution in [3.63, 3.8) is 0 Å². The van der Waals surface area contributed by atoms with Gasteiger partial charge in [-0.1, -0.05) is 24.3 Å². The number of hydrogen-bond acceptors (Lipinski definition) is 6. The molecule has 0 aliphatic heterocycles. The Balaban J connectivity index is 1.75. The van der Waals surface area contributed by atoms with E-state index in [-0.39, 0.29) is 6.61 Å². The number of primary amides is 1. The SMILES string of the molecule is CC(Oc1cc(-c2cnc3ccc(CO)cn23)sc1C(N)=O)c1ccccc1C#N. The van der Waals surface area contributed by atoms with E-state index < -0.39 is 12.0 Å². The Morgan fingerprint density at radius 3 is 2.90 bits per heavy atom. The highest BCUT2D eigenvalue weighted by molar-refractivity contribution is 7.17. The Hall–Kier alpha value is -3.67. The van der Waals surface area contributed by atoms with Crippen molar-refractivity contribution < 1.29 is 14.6 Å². The first-order valence-corrected chi connectivity index (χ1v) is 10.00. The molecule has 8 heteroatoms. The normalized spacial score (nSPS) is 11.9. The number of amides is 1. The molecular weight excluding hydrogens is 400 g/mol. The van der Waals surface area contributed by atoms with E-state index in [0.29, 0.717) is 16.2 Å². The fourth-order valence-corrected chi connectivity index (χ4v) is 4.22. The van der Waals surface area contributed by atoms with E-state index >= 15 is 0 Å². The van der Waals surface area contributed by atoms with Gasteiger partial charge in [-0.2, -0.15) is 5.26 Å². The fourth-order valence-electron chi connectivity index (χ4n) is 3.27. The van der Waals surface area contributed by atoms with Crippen molar-refractivity contribution in [1.29, 1.82) is 5.26 Å². The maximum Gasteiger partial charge on any atom is 0.262 e. The summed E-state index contributed by atoms with van der Waals surface area (Å²) in [5, 5.41) is 18.8. The molecule has 0 aliphatic carbocycles. The number of fused-ring (bicyclic) bond motifs is 1. The molecule has 0 aliphatic rings. The standard InChI is InChI=1S/C22H18N4O3S/c1-13(16-5-3-2-4-15(16)9-23)29-18-8-19(30-21(18)22(24)28)17-10-25-20-7-6-14(12-27)11-26(17)20/h2-8,10-11,13,27H,12H2,1H3,(H2,24,28). The van der Waals surface area contributed by atoms with Crippen molar-refractivity contribution in [3.05, 3.63) is 76.4 Å². The smallest absolute Gasteiger partial charge is 0.262 e. The van der Waals surface area contributed by atoms with Crippen molar-refractivity contribution in [1.82, 2.24) is 9.38 Å². The van der Waals surface area contributed by atoms with E-state index in [2.05, 4.69) is 11.1 Å². The summed E-state index contributed by atoms with van der Waals surface area (Å²) in [5.74, 6) is -0.233. The average Bonchev–Trinajstić information content (AvgIpc) is 3.37. The molecule has 1 amide bonds. The van der Waals surface area contributed by atoms with Gasteiger partial charge in [0, 0.05) is 17.8 Å². The second kappa shape index (κ2) is 7.99. The van der Waals surface area contributed by atoms with Gasteiger partial charge in [0.15, 0.2) is 0 Å². The van der Waals surface area contributed by atoms with E-state index in [4.69, 9.17) is 10.5 Å².